The number of hydrogen-bond donors (Lipinski definition) is 0. The Hall–Kier alpha value is -5.37. The molecular formula is C36H36F2N4O6S. The van der Waals surface area contributed by atoms with Crippen LogP contribution in [-0.2, 0) is 38.6 Å². The Bertz CT molecular complexity index is 1970. The first-order valence-electron chi connectivity index (χ1n) is 14.8. The number of halogens is 2. The second-order valence-corrected chi connectivity index (χ2v) is 11.5. The minimum atomic E-state index is -5.17. The van der Waals surface area contributed by atoms with E-state index in [9.17, 15) is 8.78 Å². The topological polar surface area (TPSA) is 116 Å². The summed E-state index contributed by atoms with van der Waals surface area (Å²) in [7, 11) is 6.06. The predicted octanol–water partition coefficient (Wildman–Crippen LogP) is 5.32. The summed E-state index contributed by atoms with van der Waals surface area (Å²) in [6.45, 7) is 0. The molecule has 10 nitrogen and oxygen atoms in total. The summed E-state index contributed by atoms with van der Waals surface area (Å²) in [5.41, 5.74) is 7.80. The van der Waals surface area contributed by atoms with Crippen LogP contribution in [0.3, 0.4) is 0 Å². The van der Waals surface area contributed by atoms with Crippen molar-refractivity contribution in [2.24, 2.45) is 28.2 Å². The van der Waals surface area contributed by atoms with E-state index in [0.29, 0.717) is 0 Å². The summed E-state index contributed by atoms with van der Waals surface area (Å²) in [4.78, 5) is 0. The molecule has 0 fully saturated rings. The molecule has 0 saturated carbocycles. The smallest absolute Gasteiger partial charge is 0.280 e. The lowest BCUT2D eigenvalue weighted by atomic mass is 10.1. The molecule has 0 amide bonds. The molecule has 13 heteroatoms. The Kier molecular flexibility index (Phi) is 11.7. The van der Waals surface area contributed by atoms with Crippen LogP contribution in [0.2, 0.25) is 0 Å². The van der Waals surface area contributed by atoms with Crippen LogP contribution in [0.1, 0.15) is 0 Å². The fourth-order valence-electron chi connectivity index (χ4n) is 5.48. The second-order valence-electron chi connectivity index (χ2n) is 10.7. The molecule has 0 radical (unpaired) electrons. The lowest BCUT2D eigenvalue weighted by Crippen LogP contribution is -2.39. The van der Waals surface area contributed by atoms with Crippen LogP contribution in [0.25, 0.3) is 45.0 Å². The highest BCUT2D eigenvalue weighted by molar-refractivity contribution is 7.79. The van der Waals surface area contributed by atoms with Gasteiger partial charge >= 0.3 is 0 Å². The summed E-state index contributed by atoms with van der Waals surface area (Å²) in [5, 5.41) is 0. The first kappa shape index (κ1) is 36.5. The zero-order chi connectivity index (χ0) is 35.9. The van der Waals surface area contributed by atoms with Gasteiger partial charge < -0.3 is 18.6 Å². The number of nitrogens with zero attached hydrogens (tertiary/aromatic N) is 4. The normalized spacial score (nSPS) is 10.8. The van der Waals surface area contributed by atoms with E-state index in [1.54, 1.807) is 38.5 Å². The second kappa shape index (κ2) is 15.7. The third kappa shape index (κ3) is 8.57. The highest BCUT2D eigenvalue weighted by atomic mass is 32.3. The number of rotatable bonds is 6. The first-order chi connectivity index (χ1) is 23.3. The Labute approximate surface area is 284 Å². The molecule has 0 N–H and O–H groups in total. The van der Waals surface area contributed by atoms with Crippen LogP contribution >= 0.6 is 0 Å². The van der Waals surface area contributed by atoms with Crippen LogP contribution < -0.4 is 18.8 Å². The number of methoxy groups -OCH3 is 2. The van der Waals surface area contributed by atoms with Crippen LogP contribution in [-0.4, -0.2) is 41.1 Å². The minimum absolute atomic E-state index is 0.246. The molecule has 6 aromatic rings. The third-order valence-electron chi connectivity index (χ3n) is 7.79. The van der Waals surface area contributed by atoms with Crippen molar-refractivity contribution < 1.29 is 45.1 Å². The molecule has 0 aliphatic rings. The fraction of sp³-hybridized carbons (Fsp3) is 0.167. The predicted molar refractivity (Wildman–Crippen MR) is 178 cm³/mol. The van der Waals surface area contributed by atoms with Crippen molar-refractivity contribution in [2.75, 3.05) is 14.2 Å². The molecule has 2 heterocycles. The van der Waals surface area contributed by atoms with Gasteiger partial charge in [0, 0.05) is 21.5 Å². The molecule has 0 saturated heterocycles. The summed E-state index contributed by atoms with van der Waals surface area (Å²) in [6.07, 6.45) is 0. The lowest BCUT2D eigenvalue weighted by molar-refractivity contribution is -0.740. The quantitative estimate of drug-likeness (QED) is 0.133. The van der Waals surface area contributed by atoms with E-state index >= 15 is 0 Å². The zero-order valence-corrected chi connectivity index (χ0v) is 28.6. The number of ether oxygens (including phenoxy) is 2. The van der Waals surface area contributed by atoms with E-state index in [-0.39, 0.29) is 11.6 Å². The van der Waals surface area contributed by atoms with Crippen molar-refractivity contribution in [3.05, 3.63) is 121 Å². The van der Waals surface area contributed by atoms with Gasteiger partial charge in [0.2, 0.25) is 11.5 Å². The average molecular weight is 691 g/mol. The molecule has 2 aromatic heterocycles. The van der Waals surface area contributed by atoms with Gasteiger partial charge in [-0.2, -0.15) is 9.36 Å². The van der Waals surface area contributed by atoms with Crippen LogP contribution in [0, 0.1) is 11.6 Å². The van der Waals surface area contributed by atoms with E-state index in [1.165, 1.54) is 24.3 Å². The third-order valence-corrected chi connectivity index (χ3v) is 7.79. The van der Waals surface area contributed by atoms with Gasteiger partial charge in [0.15, 0.2) is 25.5 Å². The Morgan fingerprint density at radius 2 is 0.837 bits per heavy atom. The Morgan fingerprint density at radius 1 is 0.551 bits per heavy atom. The molecule has 0 aliphatic heterocycles. The number of hydrogen-bond acceptors (Lipinski definition) is 6. The average Bonchev–Trinajstić information content (AvgIpc) is 3.49. The van der Waals surface area contributed by atoms with Crippen molar-refractivity contribution in [2.45, 2.75) is 0 Å². The van der Waals surface area contributed by atoms with Crippen molar-refractivity contribution in [1.29, 1.82) is 0 Å². The van der Waals surface area contributed by atoms with Gasteiger partial charge in [-0.1, -0.05) is 36.4 Å². The van der Waals surface area contributed by atoms with Gasteiger partial charge in [0.25, 0.3) is 11.4 Å². The highest BCUT2D eigenvalue weighted by Crippen LogP contribution is 2.38. The molecule has 6 rings (SSSR count). The molecule has 0 aliphatic carbocycles. The van der Waals surface area contributed by atoms with E-state index in [1.807, 2.05) is 108 Å². The van der Waals surface area contributed by atoms with Gasteiger partial charge in [-0.05, 0) is 72.8 Å². The van der Waals surface area contributed by atoms with E-state index in [4.69, 9.17) is 27.0 Å². The highest BCUT2D eigenvalue weighted by Gasteiger charge is 2.30. The first-order valence-corrected chi connectivity index (χ1v) is 16.2. The molecule has 49 heavy (non-hydrogen) atoms. The number of aromatic nitrogens is 4. The number of benzene rings is 4. The molecule has 4 aromatic carbocycles. The molecule has 0 unspecified atom stereocenters. The van der Waals surface area contributed by atoms with E-state index < -0.39 is 10.4 Å². The van der Waals surface area contributed by atoms with Gasteiger partial charge in [-0.3, -0.25) is 8.42 Å². The van der Waals surface area contributed by atoms with E-state index in [0.717, 1.165) is 56.5 Å². The molecular weight excluding hydrogens is 654 g/mol. The molecule has 0 atom stereocenters. The van der Waals surface area contributed by atoms with Crippen LogP contribution in [0.15, 0.2) is 109 Å². The fourth-order valence-corrected chi connectivity index (χ4v) is 5.48. The Balaban J connectivity index is 0.000000194. The summed E-state index contributed by atoms with van der Waals surface area (Å²) < 4.78 is 79.9. The summed E-state index contributed by atoms with van der Waals surface area (Å²) in [5.74, 6) is 1.07. The van der Waals surface area contributed by atoms with Gasteiger partial charge in [0.05, 0.1) is 39.4 Å². The zero-order valence-electron chi connectivity index (χ0n) is 27.8. The summed E-state index contributed by atoms with van der Waals surface area (Å²) >= 11 is 0. The molecule has 256 valence electrons. The van der Waals surface area contributed by atoms with Gasteiger partial charge in [-0.15, -0.1) is 9.36 Å². The maximum Gasteiger partial charge on any atom is 0.280 e. The monoisotopic (exact) mass is 690 g/mol. The standard InChI is InChI=1S/2C18H18FN2O.H2O4S/c2*1-20-16(13-7-5-4-6-8-13)18(22-3)17(21(20)2)14-9-11-15(19)12-10-14;1-5(2,3)4/h2*4-12H,1-3H3;(H2,1,2,3,4)/q2*+1;/p-2. The molecule has 0 spiro atoms. The van der Waals surface area contributed by atoms with Crippen LogP contribution in [0.4, 0.5) is 8.78 Å². The van der Waals surface area contributed by atoms with E-state index in [2.05, 4.69) is 0 Å². The Morgan fingerprint density at radius 3 is 1.10 bits per heavy atom. The molecule has 0 bridgehead atoms. The lowest BCUT2D eigenvalue weighted by Gasteiger charge is -2.06. The maximum absolute atomic E-state index is 13.2. The van der Waals surface area contributed by atoms with Crippen molar-refractivity contribution in [3.8, 4) is 56.5 Å². The minimum Gasteiger partial charge on any atom is -0.759 e. The van der Waals surface area contributed by atoms with Crippen molar-refractivity contribution >= 4 is 10.4 Å². The largest absolute Gasteiger partial charge is 0.759 e. The maximum atomic E-state index is 13.2. The van der Waals surface area contributed by atoms with Crippen molar-refractivity contribution in [3.63, 3.8) is 0 Å². The van der Waals surface area contributed by atoms with Crippen LogP contribution in [0.5, 0.6) is 11.5 Å². The SMILES string of the molecule is COc1c(-c2ccc(F)cc2)n(C)[n+](C)c1-c1ccccc1.COc1c(-c2ccc(F)cc2)n(C)[n+](C)c1-c1ccccc1.O=S(=O)([O-])[O-]. The van der Waals surface area contributed by atoms with Gasteiger partial charge in [0.1, 0.15) is 11.6 Å². The van der Waals surface area contributed by atoms with Crippen molar-refractivity contribution in [1.82, 2.24) is 9.36 Å². The van der Waals surface area contributed by atoms with Gasteiger partial charge in [-0.25, -0.2) is 8.78 Å². The summed E-state index contributed by atoms with van der Waals surface area (Å²) in [6, 6.07) is 33.1.